The molecule has 8 nitrogen and oxygen atoms in total. The molecule has 0 spiro atoms. The first-order valence-corrected chi connectivity index (χ1v) is 10.2. The fraction of sp³-hybridized carbons (Fsp3) is 0.105. The van der Waals surface area contributed by atoms with Crippen molar-refractivity contribution in [1.82, 2.24) is 20.1 Å². The van der Waals surface area contributed by atoms with Gasteiger partial charge in [-0.05, 0) is 30.3 Å². The number of para-hydroxylation sites is 1. The summed E-state index contributed by atoms with van der Waals surface area (Å²) in [6, 6.07) is 14.3. The number of carbonyl (C=O) groups is 2. The number of rotatable bonds is 4. The SMILES string of the molecule is CN(C)S(=O)(=O)c1ccc(Cl)c(C(=O)NNC(=O)c2ccc3ccccc3n2)c1. The molecule has 2 N–H and O–H groups in total. The van der Waals surface area contributed by atoms with Crippen molar-refractivity contribution < 1.29 is 18.0 Å². The number of sulfonamides is 1. The second kappa shape index (κ2) is 8.16. The minimum Gasteiger partial charge on any atom is -0.267 e. The Balaban J connectivity index is 1.77. The molecule has 0 fully saturated rings. The lowest BCUT2D eigenvalue weighted by Crippen LogP contribution is -2.42. The molecule has 0 radical (unpaired) electrons. The van der Waals surface area contributed by atoms with E-state index in [1.54, 1.807) is 18.2 Å². The number of hydrogen-bond acceptors (Lipinski definition) is 5. The van der Waals surface area contributed by atoms with Crippen molar-refractivity contribution in [2.24, 2.45) is 0 Å². The van der Waals surface area contributed by atoms with Crippen LogP contribution in [-0.2, 0) is 10.0 Å². The highest BCUT2D eigenvalue weighted by Gasteiger charge is 2.21. The van der Waals surface area contributed by atoms with Gasteiger partial charge in [-0.3, -0.25) is 20.4 Å². The smallest absolute Gasteiger partial charge is 0.267 e. The number of hydrazine groups is 1. The summed E-state index contributed by atoms with van der Waals surface area (Å²) in [6.07, 6.45) is 0. The Bertz CT molecular complexity index is 1210. The largest absolute Gasteiger partial charge is 0.288 e. The van der Waals surface area contributed by atoms with E-state index in [2.05, 4.69) is 15.8 Å². The van der Waals surface area contributed by atoms with Crippen LogP contribution < -0.4 is 10.9 Å². The van der Waals surface area contributed by atoms with E-state index >= 15 is 0 Å². The Hall–Kier alpha value is -3.01. The molecule has 1 heterocycles. The lowest BCUT2D eigenvalue weighted by Gasteiger charge is -2.13. The summed E-state index contributed by atoms with van der Waals surface area (Å²) in [7, 11) is -0.996. The molecule has 0 saturated carbocycles. The lowest BCUT2D eigenvalue weighted by molar-refractivity contribution is 0.0844. The average molecular weight is 433 g/mol. The molecule has 0 aliphatic rings. The molecule has 10 heteroatoms. The molecule has 0 bridgehead atoms. The third-order valence-electron chi connectivity index (χ3n) is 4.08. The van der Waals surface area contributed by atoms with Gasteiger partial charge in [0.15, 0.2) is 0 Å². The first-order chi connectivity index (χ1) is 13.7. The third kappa shape index (κ3) is 4.37. The van der Waals surface area contributed by atoms with Crippen molar-refractivity contribution in [1.29, 1.82) is 0 Å². The van der Waals surface area contributed by atoms with E-state index < -0.39 is 21.8 Å². The van der Waals surface area contributed by atoms with Gasteiger partial charge < -0.3 is 0 Å². The molecule has 150 valence electrons. The summed E-state index contributed by atoms with van der Waals surface area (Å²) < 4.78 is 25.5. The standard InChI is InChI=1S/C19H17ClN4O4S/c1-24(2)29(27,28)13-8-9-15(20)14(11-13)18(25)22-23-19(26)17-10-7-12-5-3-4-6-16(12)21-17/h3-11H,1-2H3,(H,22,25)(H,23,26). The Labute approximate surface area is 172 Å². The fourth-order valence-electron chi connectivity index (χ4n) is 2.49. The Kier molecular flexibility index (Phi) is 5.83. The molecule has 2 amide bonds. The first kappa shape index (κ1) is 20.7. The van der Waals surface area contributed by atoms with Crippen LogP contribution in [0.15, 0.2) is 59.5 Å². The van der Waals surface area contributed by atoms with Crippen LogP contribution in [0.4, 0.5) is 0 Å². The van der Waals surface area contributed by atoms with Gasteiger partial charge in [-0.2, -0.15) is 0 Å². The highest BCUT2D eigenvalue weighted by Crippen LogP contribution is 2.22. The van der Waals surface area contributed by atoms with E-state index in [9.17, 15) is 18.0 Å². The van der Waals surface area contributed by atoms with E-state index in [0.717, 1.165) is 15.8 Å². The maximum absolute atomic E-state index is 12.4. The van der Waals surface area contributed by atoms with Gasteiger partial charge in [0.1, 0.15) is 5.69 Å². The Morgan fingerprint density at radius 2 is 1.66 bits per heavy atom. The van der Waals surface area contributed by atoms with Gasteiger partial charge in [0.05, 0.1) is 21.0 Å². The zero-order valence-electron chi connectivity index (χ0n) is 15.5. The van der Waals surface area contributed by atoms with Crippen molar-refractivity contribution in [3.05, 3.63) is 70.9 Å². The number of halogens is 1. The van der Waals surface area contributed by atoms with Gasteiger partial charge in [0, 0.05) is 19.5 Å². The molecule has 3 rings (SSSR count). The van der Waals surface area contributed by atoms with E-state index in [0.29, 0.717) is 5.52 Å². The number of hydrogen-bond donors (Lipinski definition) is 2. The number of nitrogens with zero attached hydrogens (tertiary/aromatic N) is 2. The van der Waals surface area contributed by atoms with E-state index in [-0.39, 0.29) is 21.2 Å². The minimum atomic E-state index is -3.75. The van der Waals surface area contributed by atoms with E-state index in [1.807, 2.05) is 12.1 Å². The molecule has 3 aromatic rings. The van der Waals surface area contributed by atoms with E-state index in [1.165, 1.54) is 32.3 Å². The van der Waals surface area contributed by atoms with Crippen LogP contribution in [0.3, 0.4) is 0 Å². The predicted molar refractivity (Wildman–Crippen MR) is 109 cm³/mol. The highest BCUT2D eigenvalue weighted by molar-refractivity contribution is 7.89. The fourth-order valence-corrected chi connectivity index (χ4v) is 3.62. The number of fused-ring (bicyclic) bond motifs is 1. The normalized spacial score (nSPS) is 11.4. The monoisotopic (exact) mass is 432 g/mol. The summed E-state index contributed by atoms with van der Waals surface area (Å²) >= 11 is 6.02. The maximum Gasteiger partial charge on any atom is 0.288 e. The number of nitrogens with one attached hydrogen (secondary N) is 2. The molecule has 2 aromatic carbocycles. The van der Waals surface area contributed by atoms with Crippen molar-refractivity contribution in [3.8, 4) is 0 Å². The molecule has 0 aliphatic heterocycles. The number of carbonyl (C=O) groups excluding carboxylic acids is 2. The van der Waals surface area contributed by atoms with Gasteiger partial charge in [0.2, 0.25) is 10.0 Å². The molecule has 0 atom stereocenters. The van der Waals surface area contributed by atoms with Gasteiger partial charge >= 0.3 is 0 Å². The molecule has 0 saturated heterocycles. The Morgan fingerprint density at radius 1 is 0.966 bits per heavy atom. The van der Waals surface area contributed by atoms with Crippen molar-refractivity contribution in [3.63, 3.8) is 0 Å². The third-order valence-corrected chi connectivity index (χ3v) is 6.22. The molecular formula is C19H17ClN4O4S. The average Bonchev–Trinajstić information content (AvgIpc) is 2.71. The zero-order chi connectivity index (χ0) is 21.2. The maximum atomic E-state index is 12.4. The molecule has 29 heavy (non-hydrogen) atoms. The summed E-state index contributed by atoms with van der Waals surface area (Å²) in [4.78, 5) is 28.9. The van der Waals surface area contributed by atoms with Crippen LogP contribution in [-0.4, -0.2) is 43.6 Å². The molecule has 1 aromatic heterocycles. The molecule has 0 unspecified atom stereocenters. The summed E-state index contributed by atoms with van der Waals surface area (Å²) in [5, 5.41) is 0.914. The van der Waals surface area contributed by atoms with Gasteiger partial charge in [-0.25, -0.2) is 17.7 Å². The van der Waals surface area contributed by atoms with Gasteiger partial charge in [-0.1, -0.05) is 35.9 Å². The van der Waals surface area contributed by atoms with Crippen molar-refractivity contribution in [2.45, 2.75) is 4.90 Å². The number of benzene rings is 2. The van der Waals surface area contributed by atoms with Crippen LogP contribution in [0.1, 0.15) is 20.8 Å². The van der Waals surface area contributed by atoms with Gasteiger partial charge in [0.25, 0.3) is 11.8 Å². The van der Waals surface area contributed by atoms with E-state index in [4.69, 9.17) is 11.6 Å². The van der Waals surface area contributed by atoms with Crippen LogP contribution in [0.25, 0.3) is 10.9 Å². The summed E-state index contributed by atoms with van der Waals surface area (Å²) in [5.74, 6) is -1.39. The van der Waals surface area contributed by atoms with Crippen LogP contribution in [0.5, 0.6) is 0 Å². The number of aromatic nitrogens is 1. The van der Waals surface area contributed by atoms with Crippen molar-refractivity contribution in [2.75, 3.05) is 14.1 Å². The van der Waals surface area contributed by atoms with Gasteiger partial charge in [-0.15, -0.1) is 0 Å². The lowest BCUT2D eigenvalue weighted by atomic mass is 10.2. The zero-order valence-corrected chi connectivity index (χ0v) is 17.1. The minimum absolute atomic E-state index is 0.0401. The second-order valence-corrected chi connectivity index (χ2v) is 8.79. The Morgan fingerprint density at radius 3 is 2.38 bits per heavy atom. The highest BCUT2D eigenvalue weighted by atomic mass is 35.5. The van der Waals surface area contributed by atoms with Crippen molar-refractivity contribution >= 4 is 44.3 Å². The molecule has 0 aliphatic carbocycles. The first-order valence-electron chi connectivity index (χ1n) is 8.38. The predicted octanol–water partition coefficient (Wildman–Crippen LogP) is 2.21. The summed E-state index contributed by atoms with van der Waals surface area (Å²) in [6.45, 7) is 0. The van der Waals surface area contributed by atoms with Crippen LogP contribution >= 0.6 is 11.6 Å². The second-order valence-electron chi connectivity index (χ2n) is 6.23. The topological polar surface area (TPSA) is 108 Å². The van der Waals surface area contributed by atoms with Crippen LogP contribution in [0.2, 0.25) is 5.02 Å². The number of amides is 2. The van der Waals surface area contributed by atoms with Crippen LogP contribution in [0, 0.1) is 0 Å². The summed E-state index contributed by atoms with van der Waals surface area (Å²) in [5.41, 5.74) is 5.12. The quantitative estimate of drug-likeness (QED) is 0.614. The molecular weight excluding hydrogens is 416 g/mol. The number of pyridine rings is 1.